The lowest BCUT2D eigenvalue weighted by Crippen LogP contribution is -2.45. The van der Waals surface area contributed by atoms with E-state index in [1.807, 2.05) is 43.3 Å². The van der Waals surface area contributed by atoms with Crippen LogP contribution in [0.4, 0.5) is 5.69 Å². The standard InChI is InChI=1S/C21H23N3O2S/c1-16-7-9-17(10-8-16)27(25,26)20-15-22-19-6-4-3-5-18(19)21(20)24-13-11-23(2)12-14-24/h3-10,15H,11-14H2,1-2H3. The van der Waals surface area contributed by atoms with E-state index in [-0.39, 0.29) is 4.90 Å². The molecule has 27 heavy (non-hydrogen) atoms. The minimum absolute atomic E-state index is 0.287. The van der Waals surface area contributed by atoms with Crippen molar-refractivity contribution in [2.24, 2.45) is 0 Å². The molecule has 1 aliphatic heterocycles. The van der Waals surface area contributed by atoms with Crippen LogP contribution in [0.3, 0.4) is 0 Å². The van der Waals surface area contributed by atoms with Crippen molar-refractivity contribution in [2.75, 3.05) is 38.1 Å². The number of rotatable bonds is 3. The second-order valence-electron chi connectivity index (χ2n) is 7.10. The van der Waals surface area contributed by atoms with Crippen LogP contribution in [0.5, 0.6) is 0 Å². The number of aromatic nitrogens is 1. The van der Waals surface area contributed by atoms with E-state index in [4.69, 9.17) is 0 Å². The molecular formula is C21H23N3O2S. The number of piperazine rings is 1. The van der Waals surface area contributed by atoms with Gasteiger partial charge in [0, 0.05) is 37.8 Å². The zero-order valence-corrected chi connectivity index (χ0v) is 16.4. The highest BCUT2D eigenvalue weighted by Gasteiger charge is 2.28. The molecule has 4 rings (SSSR count). The van der Waals surface area contributed by atoms with Crippen molar-refractivity contribution in [3.05, 3.63) is 60.3 Å². The monoisotopic (exact) mass is 381 g/mol. The molecule has 0 spiro atoms. The van der Waals surface area contributed by atoms with E-state index in [0.29, 0.717) is 4.90 Å². The Kier molecular flexibility index (Phi) is 4.61. The van der Waals surface area contributed by atoms with Gasteiger partial charge in [-0.15, -0.1) is 0 Å². The van der Waals surface area contributed by atoms with Crippen LogP contribution in [-0.2, 0) is 9.84 Å². The van der Waals surface area contributed by atoms with E-state index in [1.54, 1.807) is 12.1 Å². The smallest absolute Gasteiger partial charge is 0.210 e. The number of likely N-dealkylation sites (N-methyl/N-ethyl adjacent to an activating group) is 1. The summed E-state index contributed by atoms with van der Waals surface area (Å²) >= 11 is 0. The number of sulfone groups is 1. The zero-order chi connectivity index (χ0) is 19.0. The molecule has 0 atom stereocenters. The van der Waals surface area contributed by atoms with Gasteiger partial charge in [-0.3, -0.25) is 4.98 Å². The number of para-hydroxylation sites is 1. The Balaban J connectivity index is 1.92. The molecule has 1 aliphatic rings. The molecule has 0 amide bonds. The summed E-state index contributed by atoms with van der Waals surface area (Å²) in [6.07, 6.45) is 1.52. The van der Waals surface area contributed by atoms with Crippen molar-refractivity contribution in [1.29, 1.82) is 0 Å². The first-order chi connectivity index (χ1) is 13.0. The first-order valence-corrected chi connectivity index (χ1v) is 10.6. The lowest BCUT2D eigenvalue weighted by molar-refractivity contribution is 0.312. The summed E-state index contributed by atoms with van der Waals surface area (Å²) in [6.45, 7) is 5.34. The van der Waals surface area contributed by atoms with Crippen LogP contribution < -0.4 is 4.90 Å². The highest BCUT2D eigenvalue weighted by molar-refractivity contribution is 7.91. The lowest BCUT2D eigenvalue weighted by Gasteiger charge is -2.35. The van der Waals surface area contributed by atoms with Crippen molar-refractivity contribution in [3.8, 4) is 0 Å². The molecule has 6 heteroatoms. The maximum absolute atomic E-state index is 13.4. The fourth-order valence-corrected chi connectivity index (χ4v) is 4.94. The van der Waals surface area contributed by atoms with Gasteiger partial charge in [0.25, 0.3) is 0 Å². The maximum atomic E-state index is 13.4. The first kappa shape index (κ1) is 17.9. The minimum atomic E-state index is -3.66. The highest BCUT2D eigenvalue weighted by Crippen LogP contribution is 2.36. The fourth-order valence-electron chi connectivity index (χ4n) is 3.51. The third kappa shape index (κ3) is 3.31. The van der Waals surface area contributed by atoms with Crippen LogP contribution in [0.1, 0.15) is 5.56 Å². The van der Waals surface area contributed by atoms with Gasteiger partial charge >= 0.3 is 0 Å². The van der Waals surface area contributed by atoms with Gasteiger partial charge in [0.15, 0.2) is 0 Å². The fraction of sp³-hybridized carbons (Fsp3) is 0.286. The number of anilines is 1. The van der Waals surface area contributed by atoms with Gasteiger partial charge < -0.3 is 9.80 Å². The van der Waals surface area contributed by atoms with Crippen molar-refractivity contribution in [1.82, 2.24) is 9.88 Å². The largest absolute Gasteiger partial charge is 0.367 e. The number of hydrogen-bond acceptors (Lipinski definition) is 5. The van der Waals surface area contributed by atoms with Crippen LogP contribution >= 0.6 is 0 Å². The van der Waals surface area contributed by atoms with Crippen molar-refractivity contribution < 1.29 is 8.42 Å². The van der Waals surface area contributed by atoms with Crippen LogP contribution in [0, 0.1) is 6.92 Å². The summed E-state index contributed by atoms with van der Waals surface area (Å²) in [5, 5.41) is 0.884. The summed E-state index contributed by atoms with van der Waals surface area (Å²) in [4.78, 5) is 9.48. The van der Waals surface area contributed by atoms with Gasteiger partial charge in [-0.1, -0.05) is 35.9 Å². The quantitative estimate of drug-likeness (QED) is 0.698. The van der Waals surface area contributed by atoms with E-state index < -0.39 is 9.84 Å². The Labute approximate surface area is 160 Å². The molecule has 2 heterocycles. The predicted molar refractivity (Wildman–Crippen MR) is 108 cm³/mol. The van der Waals surface area contributed by atoms with Crippen molar-refractivity contribution in [3.63, 3.8) is 0 Å². The first-order valence-electron chi connectivity index (χ1n) is 9.10. The summed E-state index contributed by atoms with van der Waals surface area (Å²) in [5.41, 5.74) is 2.62. The molecule has 1 fully saturated rings. The number of fused-ring (bicyclic) bond motifs is 1. The Bertz CT molecular complexity index is 1070. The summed E-state index contributed by atoms with van der Waals surface area (Å²) < 4.78 is 26.9. The number of benzene rings is 2. The minimum Gasteiger partial charge on any atom is -0.367 e. The molecule has 140 valence electrons. The van der Waals surface area contributed by atoms with Gasteiger partial charge in [-0.25, -0.2) is 8.42 Å². The number of hydrogen-bond donors (Lipinski definition) is 0. The Hall–Kier alpha value is -2.44. The Morgan fingerprint density at radius 2 is 1.59 bits per heavy atom. The molecule has 1 saturated heterocycles. The molecule has 0 N–H and O–H groups in total. The molecule has 0 unspecified atom stereocenters. The topological polar surface area (TPSA) is 53.5 Å². The van der Waals surface area contributed by atoms with E-state index in [2.05, 4.69) is 21.8 Å². The van der Waals surface area contributed by atoms with Gasteiger partial charge in [0.1, 0.15) is 4.90 Å². The second-order valence-corrected chi connectivity index (χ2v) is 9.01. The van der Waals surface area contributed by atoms with Gasteiger partial charge in [0.05, 0.1) is 16.1 Å². The van der Waals surface area contributed by atoms with Crippen LogP contribution in [0.25, 0.3) is 10.9 Å². The normalized spacial score (nSPS) is 16.0. The van der Waals surface area contributed by atoms with Gasteiger partial charge in [-0.2, -0.15) is 0 Å². The van der Waals surface area contributed by atoms with E-state index in [9.17, 15) is 8.42 Å². The van der Waals surface area contributed by atoms with E-state index in [0.717, 1.165) is 48.3 Å². The Morgan fingerprint density at radius 1 is 0.926 bits per heavy atom. The van der Waals surface area contributed by atoms with Gasteiger partial charge in [-0.05, 0) is 32.2 Å². The van der Waals surface area contributed by atoms with Crippen LogP contribution in [0.2, 0.25) is 0 Å². The molecule has 2 aromatic carbocycles. The third-order valence-electron chi connectivity index (χ3n) is 5.15. The summed E-state index contributed by atoms with van der Waals surface area (Å²) in [6, 6.07) is 14.8. The molecule has 3 aromatic rings. The second kappa shape index (κ2) is 6.94. The molecule has 5 nitrogen and oxygen atoms in total. The average molecular weight is 382 g/mol. The third-order valence-corrected chi connectivity index (χ3v) is 6.92. The molecule has 0 bridgehead atoms. The number of nitrogens with zero attached hydrogens (tertiary/aromatic N) is 3. The molecule has 0 saturated carbocycles. The number of pyridine rings is 1. The molecule has 0 aliphatic carbocycles. The summed E-state index contributed by atoms with van der Waals surface area (Å²) in [5.74, 6) is 0. The van der Waals surface area contributed by atoms with Crippen molar-refractivity contribution >= 4 is 26.4 Å². The SMILES string of the molecule is Cc1ccc(S(=O)(=O)c2cnc3ccccc3c2N2CCN(C)CC2)cc1. The predicted octanol–water partition coefficient (Wildman–Crippen LogP) is 3.13. The van der Waals surface area contributed by atoms with E-state index >= 15 is 0 Å². The Morgan fingerprint density at radius 3 is 2.30 bits per heavy atom. The highest BCUT2D eigenvalue weighted by atomic mass is 32.2. The molecule has 1 aromatic heterocycles. The summed E-state index contributed by atoms with van der Waals surface area (Å²) in [7, 11) is -1.57. The van der Waals surface area contributed by atoms with Crippen molar-refractivity contribution in [2.45, 2.75) is 16.7 Å². The van der Waals surface area contributed by atoms with Crippen LogP contribution in [0.15, 0.2) is 64.5 Å². The molecular weight excluding hydrogens is 358 g/mol. The van der Waals surface area contributed by atoms with Crippen LogP contribution in [-0.4, -0.2) is 51.5 Å². The lowest BCUT2D eigenvalue weighted by atomic mass is 10.1. The number of aryl methyl sites for hydroxylation is 1. The van der Waals surface area contributed by atoms with E-state index in [1.165, 1.54) is 6.20 Å². The average Bonchev–Trinajstić information content (AvgIpc) is 2.68. The van der Waals surface area contributed by atoms with Gasteiger partial charge in [0.2, 0.25) is 9.84 Å². The maximum Gasteiger partial charge on any atom is 0.210 e. The zero-order valence-electron chi connectivity index (χ0n) is 15.6. The molecule has 0 radical (unpaired) electrons.